The SMILES string of the molecule is COC(=O)Oc1nc(-c2ccc(Cl)c(SC)c2Cl)cc(N)c1Cl. The normalized spacial score (nSPS) is 10.5. The second-order valence-corrected chi connectivity index (χ2v) is 6.19. The zero-order chi connectivity index (χ0) is 17.1. The summed E-state index contributed by atoms with van der Waals surface area (Å²) in [4.78, 5) is 16.2. The number of nitrogens with two attached hydrogens (primary N) is 1. The maximum absolute atomic E-state index is 11.3. The summed E-state index contributed by atoms with van der Waals surface area (Å²) in [6.45, 7) is 0. The first-order chi connectivity index (χ1) is 10.9. The van der Waals surface area contributed by atoms with Gasteiger partial charge in [0.15, 0.2) is 0 Å². The average Bonchev–Trinajstić information content (AvgIpc) is 2.52. The summed E-state index contributed by atoms with van der Waals surface area (Å²) in [5.41, 5.74) is 7.01. The Morgan fingerprint density at radius 2 is 1.96 bits per heavy atom. The standard InChI is InChI=1S/C14H11Cl3N2O3S/c1-21-14(20)22-13-11(17)8(18)5-9(19-13)6-3-4-7(15)12(23-2)10(6)16/h3-5H,1-2H3,(H2,18,19). The lowest BCUT2D eigenvalue weighted by Crippen LogP contribution is -2.10. The van der Waals surface area contributed by atoms with Crippen LogP contribution in [0.4, 0.5) is 10.5 Å². The zero-order valence-corrected chi connectivity index (χ0v) is 15.1. The quantitative estimate of drug-likeness (QED) is 0.573. The van der Waals surface area contributed by atoms with Crippen LogP contribution in [-0.2, 0) is 4.74 Å². The van der Waals surface area contributed by atoms with E-state index in [1.807, 2.05) is 6.26 Å². The van der Waals surface area contributed by atoms with E-state index >= 15 is 0 Å². The number of hydrogen-bond acceptors (Lipinski definition) is 6. The lowest BCUT2D eigenvalue weighted by Gasteiger charge is -2.12. The van der Waals surface area contributed by atoms with Crippen molar-refractivity contribution in [2.75, 3.05) is 19.1 Å². The maximum atomic E-state index is 11.3. The van der Waals surface area contributed by atoms with Crippen molar-refractivity contribution < 1.29 is 14.3 Å². The van der Waals surface area contributed by atoms with Crippen LogP contribution in [0.2, 0.25) is 15.1 Å². The second-order valence-electron chi connectivity index (χ2n) is 4.21. The molecule has 1 aromatic heterocycles. The second kappa shape index (κ2) is 7.49. The molecule has 1 aromatic carbocycles. The molecule has 2 N–H and O–H groups in total. The van der Waals surface area contributed by atoms with E-state index in [4.69, 9.17) is 45.3 Å². The number of aromatic nitrogens is 1. The maximum Gasteiger partial charge on any atom is 0.514 e. The third-order valence-corrected chi connectivity index (χ3v) is 4.98. The number of carbonyl (C=O) groups excluding carboxylic acids is 1. The molecule has 0 bridgehead atoms. The fraction of sp³-hybridized carbons (Fsp3) is 0.143. The molecule has 0 aliphatic rings. The fourth-order valence-corrected chi connectivity index (χ4v) is 3.39. The van der Waals surface area contributed by atoms with Crippen molar-refractivity contribution in [1.82, 2.24) is 4.98 Å². The monoisotopic (exact) mass is 392 g/mol. The van der Waals surface area contributed by atoms with Crippen LogP contribution in [0.3, 0.4) is 0 Å². The van der Waals surface area contributed by atoms with Gasteiger partial charge < -0.3 is 15.2 Å². The van der Waals surface area contributed by atoms with Crippen LogP contribution in [0.15, 0.2) is 23.1 Å². The number of anilines is 1. The van der Waals surface area contributed by atoms with Crippen LogP contribution in [0.1, 0.15) is 0 Å². The highest BCUT2D eigenvalue weighted by Crippen LogP contribution is 2.41. The minimum atomic E-state index is -0.956. The Morgan fingerprint density at radius 3 is 2.57 bits per heavy atom. The number of pyridine rings is 1. The van der Waals surface area contributed by atoms with Crippen molar-refractivity contribution in [3.8, 4) is 17.1 Å². The molecule has 0 saturated heterocycles. The first-order valence-corrected chi connectivity index (χ1v) is 8.49. The van der Waals surface area contributed by atoms with E-state index in [-0.39, 0.29) is 16.6 Å². The third kappa shape index (κ3) is 3.77. The van der Waals surface area contributed by atoms with Crippen molar-refractivity contribution in [3.05, 3.63) is 33.3 Å². The molecule has 5 nitrogen and oxygen atoms in total. The number of rotatable bonds is 3. The predicted octanol–water partition coefficient (Wildman–Crippen LogP) is 5.16. The van der Waals surface area contributed by atoms with E-state index in [9.17, 15) is 4.79 Å². The summed E-state index contributed by atoms with van der Waals surface area (Å²) in [6.07, 6.45) is 0.898. The largest absolute Gasteiger partial charge is 0.514 e. The van der Waals surface area contributed by atoms with Crippen molar-refractivity contribution in [3.63, 3.8) is 0 Å². The molecule has 0 saturated carbocycles. The Bertz CT molecular complexity index is 771. The van der Waals surface area contributed by atoms with Gasteiger partial charge in [-0.15, -0.1) is 11.8 Å². The van der Waals surface area contributed by atoms with E-state index in [2.05, 4.69) is 9.72 Å². The van der Waals surface area contributed by atoms with Gasteiger partial charge in [-0.2, -0.15) is 0 Å². The van der Waals surface area contributed by atoms with Crippen LogP contribution in [0.5, 0.6) is 5.88 Å². The molecule has 2 rings (SSSR count). The third-order valence-electron chi connectivity index (χ3n) is 2.83. The Morgan fingerprint density at radius 1 is 1.26 bits per heavy atom. The molecular weight excluding hydrogens is 383 g/mol. The van der Waals surface area contributed by atoms with Gasteiger partial charge in [-0.05, 0) is 24.5 Å². The van der Waals surface area contributed by atoms with Crippen LogP contribution in [0, 0.1) is 0 Å². The van der Waals surface area contributed by atoms with Crippen LogP contribution < -0.4 is 10.5 Å². The predicted molar refractivity (Wildman–Crippen MR) is 93.9 cm³/mol. The van der Waals surface area contributed by atoms with Crippen LogP contribution in [-0.4, -0.2) is 24.5 Å². The van der Waals surface area contributed by atoms with Crippen molar-refractivity contribution >= 4 is 58.4 Å². The van der Waals surface area contributed by atoms with Crippen molar-refractivity contribution in [2.45, 2.75) is 4.90 Å². The smallest absolute Gasteiger partial charge is 0.437 e. The Hall–Kier alpha value is -1.34. The summed E-state index contributed by atoms with van der Waals surface area (Å²) in [5.74, 6) is -0.162. The van der Waals surface area contributed by atoms with Gasteiger partial charge in [0, 0.05) is 10.5 Å². The van der Waals surface area contributed by atoms with Crippen molar-refractivity contribution in [2.24, 2.45) is 0 Å². The minimum absolute atomic E-state index is 0.00864. The number of benzene rings is 1. The number of thioether (sulfide) groups is 1. The number of nitrogen functional groups attached to an aromatic ring is 1. The summed E-state index contributed by atoms with van der Waals surface area (Å²) >= 11 is 19.9. The molecule has 0 aliphatic heterocycles. The average molecular weight is 394 g/mol. The summed E-state index contributed by atoms with van der Waals surface area (Å²) in [6, 6.07) is 4.93. The number of nitrogens with zero attached hydrogens (tertiary/aromatic N) is 1. The number of ether oxygens (including phenoxy) is 2. The molecule has 2 aromatic rings. The highest BCUT2D eigenvalue weighted by Gasteiger charge is 2.18. The molecule has 0 fully saturated rings. The van der Waals surface area contributed by atoms with Gasteiger partial charge in [0.05, 0.1) is 28.5 Å². The molecule has 0 radical (unpaired) electrons. The molecule has 0 unspecified atom stereocenters. The zero-order valence-electron chi connectivity index (χ0n) is 12.0. The molecule has 9 heteroatoms. The molecule has 0 spiro atoms. The first-order valence-electron chi connectivity index (χ1n) is 6.13. The van der Waals surface area contributed by atoms with Gasteiger partial charge in [0.25, 0.3) is 0 Å². The lowest BCUT2D eigenvalue weighted by atomic mass is 10.1. The highest BCUT2D eigenvalue weighted by molar-refractivity contribution is 7.98. The first kappa shape index (κ1) is 18.0. The topological polar surface area (TPSA) is 74.4 Å². The van der Waals surface area contributed by atoms with E-state index in [0.717, 1.165) is 0 Å². The molecule has 122 valence electrons. The highest BCUT2D eigenvalue weighted by atomic mass is 35.5. The Kier molecular flexibility index (Phi) is 5.86. The Labute approximate surface area is 152 Å². The summed E-state index contributed by atoms with van der Waals surface area (Å²) in [5, 5.41) is 0.955. The van der Waals surface area contributed by atoms with Gasteiger partial charge in [-0.1, -0.05) is 34.8 Å². The lowest BCUT2D eigenvalue weighted by molar-refractivity contribution is 0.120. The van der Waals surface area contributed by atoms with Crippen LogP contribution in [0.25, 0.3) is 11.3 Å². The van der Waals surface area contributed by atoms with E-state index in [1.54, 1.807) is 12.1 Å². The number of methoxy groups -OCH3 is 1. The molecule has 0 amide bonds. The number of carbonyl (C=O) groups is 1. The van der Waals surface area contributed by atoms with E-state index in [1.165, 1.54) is 24.9 Å². The van der Waals surface area contributed by atoms with Crippen molar-refractivity contribution in [1.29, 1.82) is 0 Å². The molecule has 0 atom stereocenters. The van der Waals surface area contributed by atoms with Gasteiger partial charge >= 0.3 is 6.16 Å². The summed E-state index contributed by atoms with van der Waals surface area (Å²) < 4.78 is 9.32. The molecule has 23 heavy (non-hydrogen) atoms. The van der Waals surface area contributed by atoms with E-state index in [0.29, 0.717) is 26.2 Å². The number of hydrogen-bond donors (Lipinski definition) is 1. The molecule has 0 aliphatic carbocycles. The molecular formula is C14H11Cl3N2O3S. The summed E-state index contributed by atoms with van der Waals surface area (Å²) in [7, 11) is 1.17. The Balaban J connectivity index is 2.59. The van der Waals surface area contributed by atoms with E-state index < -0.39 is 6.16 Å². The van der Waals surface area contributed by atoms with Gasteiger partial charge in [0.1, 0.15) is 5.02 Å². The van der Waals surface area contributed by atoms with Crippen LogP contribution >= 0.6 is 46.6 Å². The molecule has 1 heterocycles. The minimum Gasteiger partial charge on any atom is -0.437 e. The van der Waals surface area contributed by atoms with Gasteiger partial charge in [0.2, 0.25) is 5.88 Å². The fourth-order valence-electron chi connectivity index (χ4n) is 1.77. The number of halogens is 3. The van der Waals surface area contributed by atoms with Gasteiger partial charge in [-0.3, -0.25) is 0 Å². The van der Waals surface area contributed by atoms with Gasteiger partial charge in [-0.25, -0.2) is 9.78 Å².